The summed E-state index contributed by atoms with van der Waals surface area (Å²) in [6.45, 7) is 8.36. The fraction of sp³-hybridized carbons (Fsp3) is 0.957. The van der Waals surface area contributed by atoms with Crippen molar-refractivity contribution >= 4 is 28.9 Å². The van der Waals surface area contributed by atoms with Gasteiger partial charge in [-0.1, -0.05) is 239 Å². The van der Waals surface area contributed by atoms with Crippen molar-refractivity contribution in [1.29, 1.82) is 0 Å². The van der Waals surface area contributed by atoms with Gasteiger partial charge >= 0.3 is 11.9 Å². The molecule has 1 atom stereocenters. The van der Waals surface area contributed by atoms with E-state index in [0.29, 0.717) is 6.42 Å². The predicted molar refractivity (Wildman–Crippen MR) is 237 cm³/mol. The van der Waals surface area contributed by atoms with Gasteiger partial charge in [-0.05, 0) is 38.8 Å². The lowest BCUT2D eigenvalue weighted by Crippen LogP contribution is -2.55. The number of hydrogen-bond donors (Lipinski definition) is 2. The highest BCUT2D eigenvalue weighted by Gasteiger charge is 2.43. The van der Waals surface area contributed by atoms with Crippen LogP contribution in [0, 0.1) is 0 Å². The Kier molecular flexibility index (Phi) is 43.7. The van der Waals surface area contributed by atoms with Crippen LogP contribution in [-0.4, -0.2) is 45.7 Å². The molecule has 0 radical (unpaired) electrons. The van der Waals surface area contributed by atoms with Crippen LogP contribution in [0.1, 0.15) is 271 Å². The van der Waals surface area contributed by atoms with Gasteiger partial charge in [0.25, 0.3) is 0 Å². The van der Waals surface area contributed by atoms with Crippen molar-refractivity contribution in [3.8, 4) is 0 Å². The number of nitrogens with zero attached hydrogens (tertiary/aromatic N) is 1. The largest absolute Gasteiger partial charge is 0.481 e. The van der Waals surface area contributed by atoms with Crippen LogP contribution in [-0.2, 0) is 9.59 Å². The Hall–Kier alpha value is -0.620. The molecular formula is C47H94BrNO4. The Balaban J connectivity index is 0. The summed E-state index contributed by atoms with van der Waals surface area (Å²) in [6.07, 6.45) is 46.8. The highest BCUT2D eigenvalue weighted by molar-refractivity contribution is 8.93. The fourth-order valence-corrected chi connectivity index (χ4v) is 8.19. The summed E-state index contributed by atoms with van der Waals surface area (Å²) >= 11 is 0. The van der Waals surface area contributed by atoms with Gasteiger partial charge < -0.3 is 10.2 Å². The lowest BCUT2D eigenvalue weighted by Gasteiger charge is -2.41. The first-order valence-electron chi connectivity index (χ1n) is 23.6. The van der Waals surface area contributed by atoms with Gasteiger partial charge in [-0.25, -0.2) is 0 Å². The normalized spacial score (nSPS) is 12.6. The van der Waals surface area contributed by atoms with E-state index < -0.39 is 17.5 Å². The van der Waals surface area contributed by atoms with Crippen molar-refractivity contribution in [1.82, 2.24) is 4.90 Å². The number of aliphatic carboxylic acids is 2. The molecule has 5 nitrogen and oxygen atoms in total. The monoisotopic (exact) mass is 816 g/mol. The van der Waals surface area contributed by atoms with Crippen LogP contribution in [0.3, 0.4) is 0 Å². The second kappa shape index (κ2) is 42.5. The topological polar surface area (TPSA) is 77.8 Å². The van der Waals surface area contributed by atoms with E-state index in [0.717, 1.165) is 58.0 Å². The van der Waals surface area contributed by atoms with Crippen LogP contribution in [0.15, 0.2) is 0 Å². The van der Waals surface area contributed by atoms with Gasteiger partial charge in [0.15, 0.2) is 0 Å². The summed E-state index contributed by atoms with van der Waals surface area (Å²) in [4.78, 5) is 27.2. The lowest BCUT2D eigenvalue weighted by molar-refractivity contribution is -0.154. The molecule has 0 bridgehead atoms. The summed E-state index contributed by atoms with van der Waals surface area (Å²) in [7, 11) is 0. The third-order valence-electron chi connectivity index (χ3n) is 11.8. The van der Waals surface area contributed by atoms with Crippen molar-refractivity contribution in [3.63, 3.8) is 0 Å². The third kappa shape index (κ3) is 34.4. The lowest BCUT2D eigenvalue weighted by atomic mass is 9.84. The van der Waals surface area contributed by atoms with Crippen molar-refractivity contribution in [2.24, 2.45) is 0 Å². The standard InChI is InChI=1S/C47H93NO4.BrH/c1-4-7-10-13-16-19-21-23-25-27-29-32-35-38-43-48(44-39-36-33-30-28-26-24-22-20-17-14-11-8-5-2)47(46(51)52,42-40-45(49)50)41-37-34-31-18-15-12-9-6-3;/h4-44H2,1-3H3,(H,49,50)(H,51,52);1H/t47-;/m1./s1. The highest BCUT2D eigenvalue weighted by Crippen LogP contribution is 2.31. The van der Waals surface area contributed by atoms with E-state index in [2.05, 4.69) is 25.7 Å². The Labute approximate surface area is 342 Å². The first-order chi connectivity index (χ1) is 25.4. The zero-order chi connectivity index (χ0) is 38.2. The molecular weight excluding hydrogens is 722 g/mol. The van der Waals surface area contributed by atoms with Crippen LogP contribution in [0.25, 0.3) is 0 Å². The molecule has 0 aliphatic carbocycles. The van der Waals surface area contributed by atoms with E-state index >= 15 is 0 Å². The molecule has 0 aliphatic heterocycles. The maximum atomic E-state index is 13.2. The smallest absolute Gasteiger partial charge is 0.324 e. The van der Waals surface area contributed by atoms with Gasteiger partial charge in [0.1, 0.15) is 5.54 Å². The van der Waals surface area contributed by atoms with E-state index in [1.54, 1.807) is 0 Å². The molecule has 318 valence electrons. The second-order valence-corrected chi connectivity index (χ2v) is 16.6. The first kappa shape index (κ1) is 54.5. The van der Waals surface area contributed by atoms with Crippen molar-refractivity contribution in [2.75, 3.05) is 13.1 Å². The number of carboxylic acids is 2. The minimum Gasteiger partial charge on any atom is -0.481 e. The highest BCUT2D eigenvalue weighted by atomic mass is 79.9. The van der Waals surface area contributed by atoms with Crippen molar-refractivity contribution in [2.45, 2.75) is 277 Å². The van der Waals surface area contributed by atoms with Crippen molar-refractivity contribution < 1.29 is 19.8 Å². The quantitative estimate of drug-likeness (QED) is 0.0599. The molecule has 0 unspecified atom stereocenters. The zero-order valence-electron chi connectivity index (χ0n) is 36.1. The van der Waals surface area contributed by atoms with Gasteiger partial charge in [0, 0.05) is 6.42 Å². The average molecular weight is 817 g/mol. The third-order valence-corrected chi connectivity index (χ3v) is 11.8. The Morgan fingerprint density at radius 2 is 0.623 bits per heavy atom. The van der Waals surface area contributed by atoms with Crippen LogP contribution in [0.4, 0.5) is 0 Å². The summed E-state index contributed by atoms with van der Waals surface area (Å²) in [5.41, 5.74) is -1.06. The molecule has 0 heterocycles. The molecule has 0 fully saturated rings. The molecule has 0 saturated carbocycles. The van der Waals surface area contributed by atoms with Gasteiger partial charge in [-0.15, -0.1) is 17.0 Å². The molecule has 0 aliphatic rings. The minimum atomic E-state index is -1.06. The number of unbranched alkanes of at least 4 members (excludes halogenated alkanes) is 33. The van der Waals surface area contributed by atoms with Crippen LogP contribution in [0.5, 0.6) is 0 Å². The summed E-state index contributed by atoms with van der Waals surface area (Å²) in [6, 6.07) is 0. The first-order valence-corrected chi connectivity index (χ1v) is 23.6. The van der Waals surface area contributed by atoms with Crippen LogP contribution >= 0.6 is 17.0 Å². The number of hydrogen-bond acceptors (Lipinski definition) is 3. The zero-order valence-corrected chi connectivity index (χ0v) is 37.8. The number of carboxylic acid groups (broad SMARTS) is 2. The molecule has 53 heavy (non-hydrogen) atoms. The van der Waals surface area contributed by atoms with Gasteiger partial charge in [0.05, 0.1) is 0 Å². The maximum absolute atomic E-state index is 13.2. The molecule has 0 saturated heterocycles. The Morgan fingerprint density at radius 1 is 0.377 bits per heavy atom. The molecule has 0 rings (SSSR count). The van der Waals surface area contributed by atoms with E-state index in [-0.39, 0.29) is 29.8 Å². The molecule has 2 N–H and O–H groups in total. The van der Waals surface area contributed by atoms with E-state index in [4.69, 9.17) is 0 Å². The predicted octanol–water partition coefficient (Wildman–Crippen LogP) is 16.0. The molecule has 0 amide bonds. The SMILES string of the molecule is Br.CCCCCCCCCCCCCCCCN(CCCCCCCCCCCCCCCC)[C@](CCCCCCCCCC)(CCC(=O)O)C(=O)O. The van der Waals surface area contributed by atoms with Crippen LogP contribution in [0.2, 0.25) is 0 Å². The summed E-state index contributed by atoms with van der Waals surface area (Å²) in [5.74, 6) is -1.68. The van der Waals surface area contributed by atoms with E-state index in [9.17, 15) is 19.8 Å². The van der Waals surface area contributed by atoms with Crippen molar-refractivity contribution in [3.05, 3.63) is 0 Å². The second-order valence-electron chi connectivity index (χ2n) is 16.6. The summed E-state index contributed by atoms with van der Waals surface area (Å²) in [5, 5.41) is 20.5. The Morgan fingerprint density at radius 3 is 0.868 bits per heavy atom. The van der Waals surface area contributed by atoms with E-state index in [1.807, 2.05) is 0 Å². The number of carbonyl (C=O) groups is 2. The molecule has 0 spiro atoms. The van der Waals surface area contributed by atoms with E-state index in [1.165, 1.54) is 186 Å². The number of rotatable bonds is 44. The Bertz CT molecular complexity index is 733. The molecule has 6 heteroatoms. The average Bonchev–Trinajstić information content (AvgIpc) is 3.13. The summed E-state index contributed by atoms with van der Waals surface area (Å²) < 4.78 is 0. The van der Waals surface area contributed by atoms with Gasteiger partial charge in [0.2, 0.25) is 0 Å². The number of halogens is 1. The van der Waals surface area contributed by atoms with Gasteiger partial charge in [-0.2, -0.15) is 0 Å². The maximum Gasteiger partial charge on any atom is 0.324 e. The van der Waals surface area contributed by atoms with Crippen LogP contribution < -0.4 is 0 Å². The molecule has 0 aromatic carbocycles. The minimum absolute atomic E-state index is 0. The fourth-order valence-electron chi connectivity index (χ4n) is 8.19. The van der Waals surface area contributed by atoms with Gasteiger partial charge in [-0.3, -0.25) is 14.5 Å². The molecule has 0 aromatic heterocycles. The molecule has 0 aromatic rings.